The predicted molar refractivity (Wildman–Crippen MR) is 161 cm³/mol. The molecule has 4 heterocycles. The number of ether oxygens (including phenoxy) is 2. The predicted octanol–water partition coefficient (Wildman–Crippen LogP) is 5.13. The van der Waals surface area contributed by atoms with E-state index in [1.807, 2.05) is 44.0 Å². The first kappa shape index (κ1) is 33.3. The number of amides is 2. The summed E-state index contributed by atoms with van der Waals surface area (Å²) in [7, 11) is 2.00. The molecule has 2 aliphatic rings. The molecule has 13 heteroatoms. The van der Waals surface area contributed by atoms with Gasteiger partial charge in [0, 0.05) is 44.5 Å². The van der Waals surface area contributed by atoms with Gasteiger partial charge in [0.15, 0.2) is 5.69 Å². The van der Waals surface area contributed by atoms with Crippen molar-refractivity contribution < 1.29 is 32.2 Å². The second kappa shape index (κ2) is 14.0. The molecule has 242 valence electrons. The molecule has 2 aliphatic heterocycles. The number of halogens is 3. The number of alkyl halides is 3. The van der Waals surface area contributed by atoms with Crippen LogP contribution in [0.25, 0.3) is 11.3 Å². The number of aromatic nitrogens is 2. The van der Waals surface area contributed by atoms with Crippen LogP contribution in [0, 0.1) is 0 Å². The summed E-state index contributed by atoms with van der Waals surface area (Å²) in [6.07, 6.45) is -3.39. The Labute approximate surface area is 256 Å². The minimum atomic E-state index is -4.68. The maximum Gasteiger partial charge on any atom is 0.428 e. The van der Waals surface area contributed by atoms with E-state index in [1.165, 1.54) is 18.7 Å². The van der Waals surface area contributed by atoms with E-state index in [4.69, 9.17) is 14.5 Å². The molecule has 0 bridgehead atoms. The summed E-state index contributed by atoms with van der Waals surface area (Å²) in [5.41, 5.74) is -0.543. The summed E-state index contributed by atoms with van der Waals surface area (Å²) < 4.78 is 52.5. The van der Waals surface area contributed by atoms with Gasteiger partial charge in [-0.25, -0.2) is 14.8 Å². The number of hydrogen-bond donors (Lipinski definition) is 1. The third-order valence-electron chi connectivity index (χ3n) is 8.61. The van der Waals surface area contributed by atoms with Crippen molar-refractivity contribution in [1.29, 1.82) is 0 Å². The monoisotopic (exact) mass is 620 g/mol. The molecule has 10 nitrogen and oxygen atoms in total. The lowest BCUT2D eigenvalue weighted by atomic mass is 9.96. The number of nitrogens with zero attached hydrogens (tertiary/aromatic N) is 5. The van der Waals surface area contributed by atoms with Crippen LogP contribution in [0.3, 0.4) is 0 Å². The topological polar surface area (TPSA) is 100 Å². The Bertz CT molecular complexity index is 1310. The Morgan fingerprint density at radius 2 is 1.80 bits per heavy atom. The molecule has 2 fully saturated rings. The highest BCUT2D eigenvalue weighted by Crippen LogP contribution is 2.40. The first-order valence-corrected chi connectivity index (χ1v) is 15.4. The third-order valence-corrected chi connectivity index (χ3v) is 8.61. The minimum Gasteiger partial charge on any atom is -0.477 e. The molecule has 2 atom stereocenters. The molecule has 4 rings (SSSR count). The molecular formula is C31H43F3N6O4. The van der Waals surface area contributed by atoms with Crippen LogP contribution in [0.1, 0.15) is 63.9 Å². The molecule has 1 N–H and O–H groups in total. The Balaban J connectivity index is 1.64. The van der Waals surface area contributed by atoms with E-state index >= 15 is 0 Å². The number of rotatable bonds is 10. The summed E-state index contributed by atoms with van der Waals surface area (Å²) in [5, 5.41) is 3.13. The zero-order valence-electron chi connectivity index (χ0n) is 26.1. The summed E-state index contributed by atoms with van der Waals surface area (Å²) in [4.78, 5) is 41.5. The van der Waals surface area contributed by atoms with Crippen molar-refractivity contribution in [2.24, 2.45) is 0 Å². The zero-order valence-corrected chi connectivity index (χ0v) is 26.1. The molecule has 0 radical (unpaired) electrons. The van der Waals surface area contributed by atoms with Gasteiger partial charge in [0.05, 0.1) is 23.6 Å². The Morgan fingerprint density at radius 3 is 2.41 bits per heavy atom. The summed E-state index contributed by atoms with van der Waals surface area (Å²) in [6, 6.07) is 6.94. The van der Waals surface area contributed by atoms with E-state index in [9.17, 15) is 22.8 Å². The minimum absolute atomic E-state index is 0.0252. The van der Waals surface area contributed by atoms with Crippen LogP contribution < -0.4 is 15.0 Å². The van der Waals surface area contributed by atoms with Gasteiger partial charge in [-0.1, -0.05) is 20.8 Å². The van der Waals surface area contributed by atoms with Crippen LogP contribution >= 0.6 is 0 Å². The fraction of sp³-hybridized carbons (Fsp3) is 0.613. The van der Waals surface area contributed by atoms with Gasteiger partial charge in [-0.3, -0.25) is 4.79 Å². The van der Waals surface area contributed by atoms with Gasteiger partial charge >= 0.3 is 12.3 Å². The van der Waals surface area contributed by atoms with E-state index in [0.717, 1.165) is 19.5 Å². The van der Waals surface area contributed by atoms with Gasteiger partial charge in [-0.2, -0.15) is 13.2 Å². The van der Waals surface area contributed by atoms with E-state index in [2.05, 4.69) is 15.2 Å². The second-order valence-corrected chi connectivity index (χ2v) is 11.3. The van der Waals surface area contributed by atoms with Gasteiger partial charge < -0.3 is 29.5 Å². The number of likely N-dealkylation sites (N-methyl/N-ethyl adjacent to an activating group) is 1. The number of pyridine rings is 2. The fourth-order valence-electron chi connectivity index (χ4n) is 5.92. The first-order chi connectivity index (χ1) is 21.0. The van der Waals surface area contributed by atoms with Crippen molar-refractivity contribution in [2.45, 2.75) is 77.2 Å². The highest BCUT2D eigenvalue weighted by atomic mass is 19.4. The number of hydrogen-bond acceptors (Lipinski definition) is 8. The van der Waals surface area contributed by atoms with Crippen LogP contribution in [0.5, 0.6) is 5.88 Å². The molecule has 2 aromatic heterocycles. The van der Waals surface area contributed by atoms with Gasteiger partial charge in [0.1, 0.15) is 0 Å². The Kier molecular flexibility index (Phi) is 10.6. The second-order valence-electron chi connectivity index (χ2n) is 11.3. The third kappa shape index (κ3) is 7.03. The molecule has 0 aliphatic carbocycles. The van der Waals surface area contributed by atoms with Crippen molar-refractivity contribution in [2.75, 3.05) is 51.3 Å². The van der Waals surface area contributed by atoms with Crippen molar-refractivity contribution in [3.63, 3.8) is 0 Å². The maximum absolute atomic E-state index is 13.9. The summed E-state index contributed by atoms with van der Waals surface area (Å²) in [5.74, 6) is 0.0909. The standard InChI is InChI=1S/C31H43F3N6O4/c1-6-22-20-39(29(42)44-30(7-2,8-3)31(32,33)34)17-18-40(22)25-13-12-24(23-11-10-15-35-28(23)43-9-4)37-26(25)27(41)36-21-14-16-38(5)19-21/h10-13,15,21-22H,6-9,14,16-20H2,1-5H3,(H,36,41)/t21-,22-/m1/s1. The summed E-state index contributed by atoms with van der Waals surface area (Å²) >= 11 is 0. The molecule has 0 unspecified atom stereocenters. The number of piperazine rings is 1. The van der Waals surface area contributed by atoms with Gasteiger partial charge in [0.25, 0.3) is 5.91 Å². The molecular weight excluding hydrogens is 577 g/mol. The van der Waals surface area contributed by atoms with Crippen LogP contribution in [0.4, 0.5) is 23.7 Å². The van der Waals surface area contributed by atoms with Crippen molar-refractivity contribution >= 4 is 17.7 Å². The zero-order chi connectivity index (χ0) is 32.1. The largest absolute Gasteiger partial charge is 0.477 e. The van der Waals surface area contributed by atoms with E-state index in [0.29, 0.717) is 35.9 Å². The van der Waals surface area contributed by atoms with Crippen LogP contribution in [0.15, 0.2) is 30.5 Å². The Morgan fingerprint density at radius 1 is 1.05 bits per heavy atom. The molecule has 0 aromatic carbocycles. The molecule has 0 saturated carbocycles. The SMILES string of the molecule is CCOc1ncccc1-c1ccc(N2CCN(C(=O)OC(CC)(CC)C(F)(F)F)C[C@H]2CC)c(C(=O)N[C@@H]2CCN(C)C2)n1. The van der Waals surface area contributed by atoms with E-state index in [-0.39, 0.29) is 56.2 Å². The van der Waals surface area contributed by atoms with Crippen molar-refractivity contribution in [3.8, 4) is 17.1 Å². The molecule has 2 aromatic rings. The van der Waals surface area contributed by atoms with Crippen LogP contribution in [0.2, 0.25) is 0 Å². The lowest BCUT2D eigenvalue weighted by Gasteiger charge is -2.43. The number of carbonyl (C=O) groups is 2. The van der Waals surface area contributed by atoms with Crippen molar-refractivity contribution in [1.82, 2.24) is 25.1 Å². The molecule has 2 amide bonds. The average Bonchev–Trinajstić information content (AvgIpc) is 3.43. The fourth-order valence-corrected chi connectivity index (χ4v) is 5.92. The molecule has 44 heavy (non-hydrogen) atoms. The molecule has 0 spiro atoms. The maximum atomic E-state index is 13.9. The van der Waals surface area contributed by atoms with E-state index < -0.39 is 17.9 Å². The number of likely N-dealkylation sites (tertiary alicyclic amines) is 1. The average molecular weight is 621 g/mol. The number of carbonyl (C=O) groups excluding carboxylic acids is 2. The van der Waals surface area contributed by atoms with Gasteiger partial charge in [-0.15, -0.1) is 0 Å². The normalized spacial score (nSPS) is 19.6. The van der Waals surface area contributed by atoms with Crippen molar-refractivity contribution in [3.05, 3.63) is 36.2 Å². The first-order valence-electron chi connectivity index (χ1n) is 15.4. The highest BCUT2D eigenvalue weighted by Gasteiger charge is 2.56. The van der Waals surface area contributed by atoms with Gasteiger partial charge in [-0.05, 0) is 70.5 Å². The Hall–Kier alpha value is -3.61. The lowest BCUT2D eigenvalue weighted by molar-refractivity contribution is -0.262. The molecule has 2 saturated heterocycles. The van der Waals surface area contributed by atoms with Crippen LogP contribution in [-0.2, 0) is 4.74 Å². The van der Waals surface area contributed by atoms with Gasteiger partial charge in [0.2, 0.25) is 11.5 Å². The lowest BCUT2D eigenvalue weighted by Crippen LogP contribution is -2.57. The smallest absolute Gasteiger partial charge is 0.428 e. The number of anilines is 1. The summed E-state index contributed by atoms with van der Waals surface area (Å²) in [6.45, 7) is 9.11. The number of nitrogens with one attached hydrogen (secondary N) is 1. The van der Waals surface area contributed by atoms with E-state index in [1.54, 1.807) is 12.3 Å². The van der Waals surface area contributed by atoms with Crippen LogP contribution in [-0.4, -0.2) is 102 Å². The highest BCUT2D eigenvalue weighted by molar-refractivity contribution is 5.99. The quantitative estimate of drug-likeness (QED) is 0.390.